The first-order valence-electron chi connectivity index (χ1n) is 16.4. The van der Waals surface area contributed by atoms with Crippen LogP contribution in [0.3, 0.4) is 0 Å². The number of nitrogens with one attached hydrogen (secondary N) is 2. The molecule has 0 saturated carbocycles. The van der Waals surface area contributed by atoms with E-state index in [0.717, 1.165) is 59.0 Å². The SMILES string of the molecule is Cc1csc(CN(C)C(=O)c2cc(C(=O)N[C@@H](Cc3ccccc3)[C@H](O)CNCc3cncc(C(C)C)c3)cc(N3CCCC3)c2)n1. The van der Waals surface area contributed by atoms with E-state index >= 15 is 0 Å². The van der Waals surface area contributed by atoms with Gasteiger partial charge in [0.1, 0.15) is 5.01 Å². The normalized spacial score (nSPS) is 14.3. The summed E-state index contributed by atoms with van der Waals surface area (Å²) in [6.45, 7) is 9.19. The van der Waals surface area contributed by atoms with E-state index < -0.39 is 12.1 Å². The number of amides is 2. The average Bonchev–Trinajstić information content (AvgIpc) is 3.76. The van der Waals surface area contributed by atoms with Crippen molar-refractivity contribution >= 4 is 28.8 Å². The highest BCUT2D eigenvalue weighted by atomic mass is 32.1. The second-order valence-corrected chi connectivity index (χ2v) is 13.7. The molecule has 0 aliphatic carbocycles. The highest BCUT2D eigenvalue weighted by molar-refractivity contribution is 7.09. The fraction of sp³-hybridized carbons (Fsp3) is 0.405. The van der Waals surface area contributed by atoms with Crippen molar-refractivity contribution in [1.82, 2.24) is 25.5 Å². The van der Waals surface area contributed by atoms with Gasteiger partial charge in [-0.05, 0) is 67.0 Å². The van der Waals surface area contributed by atoms with Crippen molar-refractivity contribution in [1.29, 1.82) is 0 Å². The molecule has 5 rings (SSSR count). The van der Waals surface area contributed by atoms with Gasteiger partial charge in [-0.25, -0.2) is 4.98 Å². The third-order valence-electron chi connectivity index (χ3n) is 8.53. The number of carbonyl (C=O) groups excluding carboxylic acids is 2. The first-order chi connectivity index (χ1) is 22.7. The number of hydrogen-bond acceptors (Lipinski definition) is 8. The summed E-state index contributed by atoms with van der Waals surface area (Å²) in [7, 11) is 1.76. The third kappa shape index (κ3) is 9.47. The maximum absolute atomic E-state index is 13.9. The van der Waals surface area contributed by atoms with Gasteiger partial charge in [0.05, 0.1) is 18.7 Å². The van der Waals surface area contributed by atoms with Crippen molar-refractivity contribution in [2.75, 3.05) is 31.6 Å². The molecule has 2 amide bonds. The third-order valence-corrected chi connectivity index (χ3v) is 9.48. The molecule has 248 valence electrons. The number of anilines is 1. The number of aryl methyl sites for hydroxylation is 1. The topological polar surface area (TPSA) is 111 Å². The molecule has 3 heterocycles. The molecule has 0 unspecified atom stereocenters. The largest absolute Gasteiger partial charge is 0.390 e. The van der Waals surface area contributed by atoms with Crippen molar-refractivity contribution in [2.24, 2.45) is 0 Å². The van der Waals surface area contributed by atoms with E-state index in [1.807, 2.05) is 67.2 Å². The van der Waals surface area contributed by atoms with Crippen molar-refractivity contribution < 1.29 is 14.7 Å². The average molecular weight is 655 g/mol. The molecule has 0 radical (unpaired) electrons. The molecule has 47 heavy (non-hydrogen) atoms. The molecular weight excluding hydrogens is 609 g/mol. The smallest absolute Gasteiger partial charge is 0.254 e. The fourth-order valence-corrected chi connectivity index (χ4v) is 6.65. The zero-order chi connectivity index (χ0) is 33.3. The first kappa shape index (κ1) is 34.2. The van der Waals surface area contributed by atoms with Crippen molar-refractivity contribution in [2.45, 2.75) is 71.2 Å². The lowest BCUT2D eigenvalue weighted by molar-refractivity contribution is 0.0784. The summed E-state index contributed by atoms with van der Waals surface area (Å²) in [6.07, 6.45) is 5.43. The van der Waals surface area contributed by atoms with Crippen LogP contribution in [0, 0.1) is 6.92 Å². The lowest BCUT2D eigenvalue weighted by Crippen LogP contribution is -2.48. The monoisotopic (exact) mass is 654 g/mol. The van der Waals surface area contributed by atoms with Crippen molar-refractivity contribution in [3.63, 3.8) is 0 Å². The van der Waals surface area contributed by atoms with Gasteiger partial charge in [-0.15, -0.1) is 11.3 Å². The van der Waals surface area contributed by atoms with Gasteiger partial charge in [-0.3, -0.25) is 14.6 Å². The van der Waals surface area contributed by atoms with Gasteiger partial charge >= 0.3 is 0 Å². The van der Waals surface area contributed by atoms with Crippen molar-refractivity contribution in [3.05, 3.63) is 111 Å². The number of benzene rings is 2. The molecule has 1 aliphatic heterocycles. The Balaban J connectivity index is 1.34. The van der Waals surface area contributed by atoms with Crippen LogP contribution in [0.5, 0.6) is 0 Å². The Kier molecular flexibility index (Phi) is 11.7. The van der Waals surface area contributed by atoms with E-state index in [-0.39, 0.29) is 18.4 Å². The van der Waals surface area contributed by atoms with Crippen LogP contribution >= 0.6 is 11.3 Å². The lowest BCUT2D eigenvalue weighted by atomic mass is 9.99. The molecule has 1 saturated heterocycles. The lowest BCUT2D eigenvalue weighted by Gasteiger charge is -2.26. The first-order valence-corrected chi connectivity index (χ1v) is 17.3. The van der Waals surface area contributed by atoms with Gasteiger partial charge in [-0.2, -0.15) is 0 Å². The van der Waals surface area contributed by atoms with Crippen LogP contribution < -0.4 is 15.5 Å². The summed E-state index contributed by atoms with van der Waals surface area (Å²) in [4.78, 5) is 40.3. The van der Waals surface area contributed by atoms with Crippen molar-refractivity contribution in [3.8, 4) is 0 Å². The Morgan fingerprint density at radius 1 is 1.02 bits per heavy atom. The Bertz CT molecular complexity index is 1640. The summed E-state index contributed by atoms with van der Waals surface area (Å²) in [5, 5.41) is 20.7. The van der Waals surface area contributed by atoms with Gasteiger partial charge < -0.3 is 25.5 Å². The minimum atomic E-state index is -0.865. The fourth-order valence-electron chi connectivity index (χ4n) is 5.82. The van der Waals surface area contributed by atoms with Gasteiger partial charge in [-0.1, -0.05) is 50.2 Å². The van der Waals surface area contributed by atoms with Crippen LogP contribution in [0.1, 0.15) is 80.7 Å². The summed E-state index contributed by atoms with van der Waals surface area (Å²) in [5.41, 5.74) is 5.85. The number of aliphatic hydroxyl groups is 1. The van der Waals surface area contributed by atoms with E-state index in [0.29, 0.717) is 36.6 Å². The predicted molar refractivity (Wildman–Crippen MR) is 188 cm³/mol. The Labute approximate surface area is 282 Å². The maximum Gasteiger partial charge on any atom is 0.254 e. The van der Waals surface area contributed by atoms with Crippen LogP contribution in [0.4, 0.5) is 5.69 Å². The highest BCUT2D eigenvalue weighted by Crippen LogP contribution is 2.25. The molecule has 1 aliphatic rings. The molecule has 0 spiro atoms. The quantitative estimate of drug-likeness (QED) is 0.169. The predicted octanol–water partition coefficient (Wildman–Crippen LogP) is 5.33. The molecule has 2 atom stereocenters. The Hall–Kier alpha value is -4.12. The Morgan fingerprint density at radius 2 is 1.77 bits per heavy atom. The van der Waals surface area contributed by atoms with E-state index in [1.165, 1.54) is 11.3 Å². The van der Waals surface area contributed by atoms with Crippen LogP contribution in [0.25, 0.3) is 0 Å². The standard InChI is InChI=1S/C37H46N6O3S/c1-25(2)31-14-28(19-38-21-31)20-39-22-34(44)33(15-27-10-6-5-7-11-27)41-36(45)29-16-30(18-32(17-29)43-12-8-9-13-43)37(46)42(4)23-35-40-26(3)24-47-35/h5-7,10-11,14,16-19,21,24-25,33-34,39,44H,8-9,12-13,15,20,22-23H2,1-4H3,(H,41,45)/t33-,34+/m0/s1. The minimum absolute atomic E-state index is 0.172. The van der Waals surface area contributed by atoms with Crippen LogP contribution in [-0.4, -0.2) is 70.6 Å². The highest BCUT2D eigenvalue weighted by Gasteiger charge is 2.25. The molecule has 2 aromatic carbocycles. The number of nitrogens with zero attached hydrogens (tertiary/aromatic N) is 4. The number of hydrogen-bond donors (Lipinski definition) is 3. The molecule has 4 aromatic rings. The molecule has 9 nitrogen and oxygen atoms in total. The second-order valence-electron chi connectivity index (χ2n) is 12.8. The number of carbonyl (C=O) groups is 2. The number of thiazole rings is 1. The summed E-state index contributed by atoms with van der Waals surface area (Å²) in [5.74, 6) is -0.123. The minimum Gasteiger partial charge on any atom is -0.390 e. The number of aromatic nitrogens is 2. The molecular formula is C37H46N6O3S. The van der Waals surface area contributed by atoms with Crippen LogP contribution in [0.15, 0.2) is 72.4 Å². The van der Waals surface area contributed by atoms with Gasteiger partial charge in [0, 0.05) is 73.5 Å². The van der Waals surface area contributed by atoms with Crippen LogP contribution in [-0.2, 0) is 19.5 Å². The Morgan fingerprint density at radius 3 is 2.47 bits per heavy atom. The molecule has 10 heteroatoms. The number of aliphatic hydroxyl groups excluding tert-OH is 1. The maximum atomic E-state index is 13.9. The molecule has 2 aromatic heterocycles. The number of rotatable bonds is 14. The second kappa shape index (κ2) is 16.1. The molecule has 3 N–H and O–H groups in total. The zero-order valence-electron chi connectivity index (χ0n) is 27.8. The zero-order valence-corrected chi connectivity index (χ0v) is 28.6. The van der Waals surface area contributed by atoms with E-state index in [9.17, 15) is 14.7 Å². The summed E-state index contributed by atoms with van der Waals surface area (Å²) in [6, 6.07) is 16.8. The number of pyridine rings is 1. The van der Waals surface area contributed by atoms with Gasteiger partial charge in [0.15, 0.2) is 0 Å². The molecule has 1 fully saturated rings. The van der Waals surface area contributed by atoms with Gasteiger partial charge in [0.25, 0.3) is 11.8 Å². The van der Waals surface area contributed by atoms with E-state index in [2.05, 4.69) is 45.4 Å². The van der Waals surface area contributed by atoms with Gasteiger partial charge in [0.2, 0.25) is 0 Å². The molecule has 0 bridgehead atoms. The summed E-state index contributed by atoms with van der Waals surface area (Å²) >= 11 is 1.53. The van der Waals surface area contributed by atoms with E-state index in [4.69, 9.17) is 0 Å². The van der Waals surface area contributed by atoms with Crippen LogP contribution in [0.2, 0.25) is 0 Å². The summed E-state index contributed by atoms with van der Waals surface area (Å²) < 4.78 is 0. The van der Waals surface area contributed by atoms with E-state index in [1.54, 1.807) is 18.0 Å².